The maximum atomic E-state index is 11.2. The molecule has 0 saturated heterocycles. The van der Waals surface area contributed by atoms with Gasteiger partial charge < -0.3 is 10.2 Å². The number of rotatable bonds is 9. The largest absolute Gasteiger partial charge is 0.481 e. The van der Waals surface area contributed by atoms with Gasteiger partial charge in [0.25, 0.3) is 0 Å². The topological polar surface area (TPSA) is 57.5 Å². The van der Waals surface area contributed by atoms with Crippen molar-refractivity contribution in [3.05, 3.63) is 42.0 Å². The molecule has 0 aliphatic carbocycles. The third-order valence-electron chi connectivity index (χ3n) is 3.38. The average Bonchev–Trinajstić information content (AvgIpc) is 2.45. The molecular weight excluding hydrogens is 252 g/mol. The lowest BCUT2D eigenvalue weighted by Gasteiger charge is -2.16. The van der Waals surface area contributed by atoms with Crippen molar-refractivity contribution >= 4 is 12.0 Å². The summed E-state index contributed by atoms with van der Waals surface area (Å²) in [4.78, 5) is 11.2. The van der Waals surface area contributed by atoms with Crippen LogP contribution in [0, 0.1) is 5.92 Å². The van der Waals surface area contributed by atoms with E-state index in [2.05, 4.69) is 6.92 Å². The van der Waals surface area contributed by atoms with Crippen LogP contribution in [0.4, 0.5) is 0 Å². The highest BCUT2D eigenvalue weighted by Crippen LogP contribution is 2.17. The second-order valence-electron chi connectivity index (χ2n) is 5.05. The average molecular weight is 276 g/mol. The molecule has 0 fully saturated rings. The first kappa shape index (κ1) is 16.4. The first-order valence-corrected chi connectivity index (χ1v) is 7.29. The van der Waals surface area contributed by atoms with Gasteiger partial charge in [-0.05, 0) is 12.0 Å². The summed E-state index contributed by atoms with van der Waals surface area (Å²) in [6, 6.07) is 9.57. The maximum absolute atomic E-state index is 11.2. The van der Waals surface area contributed by atoms with E-state index in [9.17, 15) is 15.0 Å². The predicted octanol–water partition coefficient (Wildman–Crippen LogP) is 3.73. The van der Waals surface area contributed by atoms with Gasteiger partial charge in [0.15, 0.2) is 0 Å². The highest BCUT2D eigenvalue weighted by atomic mass is 16.4. The number of hydrogen-bond acceptors (Lipinski definition) is 2. The molecule has 0 bridgehead atoms. The van der Waals surface area contributed by atoms with Crippen molar-refractivity contribution in [2.24, 2.45) is 5.92 Å². The molecule has 1 aromatic rings. The Bertz CT molecular complexity index is 412. The zero-order valence-corrected chi connectivity index (χ0v) is 12.0. The number of carboxylic acid groups (broad SMARTS) is 1. The zero-order chi connectivity index (χ0) is 14.8. The lowest BCUT2D eigenvalue weighted by Crippen LogP contribution is -2.26. The Hall–Kier alpha value is -1.61. The Balaban J connectivity index is 2.53. The molecule has 0 aliphatic rings. The van der Waals surface area contributed by atoms with E-state index in [4.69, 9.17) is 0 Å². The summed E-state index contributed by atoms with van der Waals surface area (Å²) in [5.74, 6) is -1.64. The molecule has 20 heavy (non-hydrogen) atoms. The second kappa shape index (κ2) is 9.32. The van der Waals surface area contributed by atoms with Crippen LogP contribution < -0.4 is 0 Å². The molecule has 0 radical (unpaired) electrons. The maximum Gasteiger partial charge on any atom is 0.309 e. The molecule has 0 saturated carbocycles. The fourth-order valence-corrected chi connectivity index (χ4v) is 2.14. The zero-order valence-electron chi connectivity index (χ0n) is 12.0. The van der Waals surface area contributed by atoms with Crippen LogP contribution in [0.1, 0.15) is 44.6 Å². The van der Waals surface area contributed by atoms with Crippen molar-refractivity contribution < 1.29 is 15.0 Å². The Morgan fingerprint density at radius 2 is 1.90 bits per heavy atom. The first-order chi connectivity index (χ1) is 9.65. The van der Waals surface area contributed by atoms with E-state index < -0.39 is 18.0 Å². The molecule has 2 unspecified atom stereocenters. The van der Waals surface area contributed by atoms with Gasteiger partial charge in [-0.1, -0.05) is 75.1 Å². The fourth-order valence-electron chi connectivity index (χ4n) is 2.14. The quantitative estimate of drug-likeness (QED) is 0.676. The summed E-state index contributed by atoms with van der Waals surface area (Å²) in [7, 11) is 0. The number of aliphatic hydroxyl groups is 1. The SMILES string of the molecule is CCCCCCC(C(=O)O)C(O)/C=C/c1ccccc1. The standard InChI is InChI=1S/C17H24O3/c1-2-3-4-8-11-15(17(19)20)16(18)13-12-14-9-6-5-7-10-14/h5-7,9-10,12-13,15-16,18H,2-4,8,11H2,1H3,(H,19,20)/b13-12+. The molecule has 0 aromatic heterocycles. The lowest BCUT2D eigenvalue weighted by molar-refractivity contribution is -0.144. The number of aliphatic carboxylic acids is 1. The molecule has 0 amide bonds. The van der Waals surface area contributed by atoms with Crippen LogP contribution in [-0.2, 0) is 4.79 Å². The molecule has 0 aliphatic heterocycles. The molecule has 0 spiro atoms. The van der Waals surface area contributed by atoms with Crippen LogP contribution in [0.5, 0.6) is 0 Å². The molecule has 2 atom stereocenters. The van der Waals surface area contributed by atoms with Crippen LogP contribution in [0.15, 0.2) is 36.4 Å². The Morgan fingerprint density at radius 1 is 1.20 bits per heavy atom. The molecule has 3 heteroatoms. The highest BCUT2D eigenvalue weighted by Gasteiger charge is 2.23. The van der Waals surface area contributed by atoms with Crippen molar-refractivity contribution in [1.29, 1.82) is 0 Å². The Morgan fingerprint density at radius 3 is 2.50 bits per heavy atom. The van der Waals surface area contributed by atoms with E-state index in [0.717, 1.165) is 31.2 Å². The number of benzene rings is 1. The smallest absolute Gasteiger partial charge is 0.309 e. The van der Waals surface area contributed by atoms with E-state index in [0.29, 0.717) is 6.42 Å². The molecule has 3 nitrogen and oxygen atoms in total. The number of aliphatic hydroxyl groups excluding tert-OH is 1. The van der Waals surface area contributed by atoms with Crippen molar-refractivity contribution in [1.82, 2.24) is 0 Å². The van der Waals surface area contributed by atoms with Gasteiger partial charge >= 0.3 is 5.97 Å². The fraction of sp³-hybridized carbons (Fsp3) is 0.471. The molecule has 110 valence electrons. The van der Waals surface area contributed by atoms with Crippen molar-refractivity contribution in [2.45, 2.75) is 45.1 Å². The monoisotopic (exact) mass is 276 g/mol. The van der Waals surface area contributed by atoms with Crippen LogP contribution >= 0.6 is 0 Å². The Kier molecular flexibility index (Phi) is 7.66. The number of unbranched alkanes of at least 4 members (excludes halogenated alkanes) is 3. The van der Waals surface area contributed by atoms with E-state index in [-0.39, 0.29) is 0 Å². The third kappa shape index (κ3) is 6.02. The van der Waals surface area contributed by atoms with Gasteiger partial charge in [0.2, 0.25) is 0 Å². The minimum atomic E-state index is -0.936. The molecule has 1 aromatic carbocycles. The van der Waals surface area contributed by atoms with E-state index >= 15 is 0 Å². The summed E-state index contributed by atoms with van der Waals surface area (Å²) in [6.07, 6.45) is 7.04. The number of hydrogen-bond donors (Lipinski definition) is 2. The van der Waals surface area contributed by atoms with Gasteiger partial charge in [-0.15, -0.1) is 0 Å². The van der Waals surface area contributed by atoms with Crippen LogP contribution in [-0.4, -0.2) is 22.3 Å². The van der Waals surface area contributed by atoms with E-state index in [1.54, 1.807) is 12.2 Å². The molecule has 0 heterocycles. The molecular formula is C17H24O3. The van der Waals surface area contributed by atoms with Crippen LogP contribution in [0.25, 0.3) is 6.08 Å². The molecule has 2 N–H and O–H groups in total. The van der Waals surface area contributed by atoms with Crippen LogP contribution in [0.3, 0.4) is 0 Å². The highest BCUT2D eigenvalue weighted by molar-refractivity contribution is 5.71. The minimum absolute atomic E-state index is 0.523. The van der Waals surface area contributed by atoms with Gasteiger partial charge in [-0.3, -0.25) is 4.79 Å². The van der Waals surface area contributed by atoms with E-state index in [1.807, 2.05) is 30.3 Å². The van der Waals surface area contributed by atoms with Crippen LogP contribution in [0.2, 0.25) is 0 Å². The summed E-state index contributed by atoms with van der Waals surface area (Å²) in [6.45, 7) is 2.12. The summed E-state index contributed by atoms with van der Waals surface area (Å²) >= 11 is 0. The minimum Gasteiger partial charge on any atom is -0.481 e. The third-order valence-corrected chi connectivity index (χ3v) is 3.38. The number of carboxylic acids is 1. The molecule has 1 rings (SSSR count). The van der Waals surface area contributed by atoms with Gasteiger partial charge in [-0.2, -0.15) is 0 Å². The van der Waals surface area contributed by atoms with Gasteiger partial charge in [0, 0.05) is 0 Å². The lowest BCUT2D eigenvalue weighted by atomic mass is 9.94. The second-order valence-corrected chi connectivity index (χ2v) is 5.05. The normalized spacial score (nSPS) is 14.3. The van der Waals surface area contributed by atoms with Crippen molar-refractivity contribution in [3.8, 4) is 0 Å². The van der Waals surface area contributed by atoms with Crippen molar-refractivity contribution in [3.63, 3.8) is 0 Å². The Labute approximate surface area is 121 Å². The van der Waals surface area contributed by atoms with Gasteiger partial charge in [0.05, 0.1) is 12.0 Å². The van der Waals surface area contributed by atoms with Gasteiger partial charge in [0.1, 0.15) is 0 Å². The summed E-state index contributed by atoms with van der Waals surface area (Å²) in [5.41, 5.74) is 0.960. The van der Waals surface area contributed by atoms with Gasteiger partial charge in [-0.25, -0.2) is 0 Å². The predicted molar refractivity (Wildman–Crippen MR) is 81.4 cm³/mol. The number of carbonyl (C=O) groups is 1. The van der Waals surface area contributed by atoms with E-state index in [1.165, 1.54) is 0 Å². The summed E-state index contributed by atoms with van der Waals surface area (Å²) in [5, 5.41) is 19.2. The first-order valence-electron chi connectivity index (χ1n) is 7.29. The summed E-state index contributed by atoms with van der Waals surface area (Å²) < 4.78 is 0. The van der Waals surface area contributed by atoms with Crippen molar-refractivity contribution in [2.75, 3.05) is 0 Å².